The second kappa shape index (κ2) is 7.02. The Labute approximate surface area is 123 Å². The van der Waals surface area contributed by atoms with Gasteiger partial charge in [-0.1, -0.05) is 42.0 Å². The molecule has 0 amide bonds. The van der Waals surface area contributed by atoms with Gasteiger partial charge in [0.15, 0.2) is 11.6 Å². The first-order chi connectivity index (χ1) is 10.1. The van der Waals surface area contributed by atoms with Gasteiger partial charge in [-0.05, 0) is 43.9 Å². The van der Waals surface area contributed by atoms with Crippen LogP contribution in [-0.4, -0.2) is 0 Å². The lowest BCUT2D eigenvalue weighted by atomic mass is 10.0. The quantitative estimate of drug-likeness (QED) is 0.706. The van der Waals surface area contributed by atoms with E-state index >= 15 is 0 Å². The van der Waals surface area contributed by atoms with Crippen LogP contribution in [-0.2, 0) is 12.8 Å². The summed E-state index contributed by atoms with van der Waals surface area (Å²) in [5, 5.41) is 0. The molecule has 0 bridgehead atoms. The minimum Gasteiger partial charge on any atom is -0.462 e. The summed E-state index contributed by atoms with van der Waals surface area (Å²) in [5.74, 6) is -1.86. The van der Waals surface area contributed by atoms with Crippen molar-refractivity contribution in [2.45, 2.75) is 26.7 Å². The second-order valence-electron chi connectivity index (χ2n) is 4.92. The highest BCUT2D eigenvalue weighted by atomic mass is 19.2. The fourth-order valence-electron chi connectivity index (χ4n) is 2.03. The topological polar surface area (TPSA) is 9.23 Å². The molecule has 0 aliphatic carbocycles. The van der Waals surface area contributed by atoms with Crippen LogP contribution in [0.15, 0.2) is 48.7 Å². The number of halogens is 2. The summed E-state index contributed by atoms with van der Waals surface area (Å²) in [7, 11) is 0. The van der Waals surface area contributed by atoms with E-state index in [-0.39, 0.29) is 5.75 Å². The van der Waals surface area contributed by atoms with Gasteiger partial charge in [-0.3, -0.25) is 0 Å². The third-order valence-electron chi connectivity index (χ3n) is 3.26. The molecule has 0 aliphatic heterocycles. The Hall–Kier alpha value is -2.16. The largest absolute Gasteiger partial charge is 0.462 e. The van der Waals surface area contributed by atoms with Crippen LogP contribution in [0.25, 0.3) is 0 Å². The molecule has 0 heterocycles. The SMILES string of the molecule is C/C=C/Oc1ccc(CCc2ccc(C)cc2)c(F)c1F. The average molecular weight is 288 g/mol. The molecule has 21 heavy (non-hydrogen) atoms. The zero-order valence-corrected chi connectivity index (χ0v) is 12.2. The Morgan fingerprint density at radius 2 is 1.67 bits per heavy atom. The Morgan fingerprint density at radius 3 is 2.33 bits per heavy atom. The molecular formula is C18H18F2O. The third kappa shape index (κ3) is 3.91. The third-order valence-corrected chi connectivity index (χ3v) is 3.26. The molecule has 0 spiro atoms. The number of rotatable bonds is 5. The molecule has 1 nitrogen and oxygen atoms in total. The van der Waals surface area contributed by atoms with Crippen LogP contribution in [0.1, 0.15) is 23.6 Å². The van der Waals surface area contributed by atoms with Gasteiger partial charge in [-0.15, -0.1) is 0 Å². The normalized spacial score (nSPS) is 11.0. The predicted molar refractivity (Wildman–Crippen MR) is 80.4 cm³/mol. The lowest BCUT2D eigenvalue weighted by Crippen LogP contribution is -2.00. The van der Waals surface area contributed by atoms with E-state index in [1.807, 2.05) is 31.2 Å². The number of hydrogen-bond acceptors (Lipinski definition) is 1. The summed E-state index contributed by atoms with van der Waals surface area (Å²) >= 11 is 0. The molecule has 110 valence electrons. The van der Waals surface area contributed by atoms with Gasteiger partial charge in [0, 0.05) is 0 Å². The van der Waals surface area contributed by atoms with E-state index in [1.165, 1.54) is 17.9 Å². The van der Waals surface area contributed by atoms with Crippen LogP contribution in [0.5, 0.6) is 5.75 Å². The van der Waals surface area contributed by atoms with Crippen LogP contribution in [0.3, 0.4) is 0 Å². The van der Waals surface area contributed by atoms with Gasteiger partial charge in [-0.2, -0.15) is 4.39 Å². The summed E-state index contributed by atoms with van der Waals surface area (Å²) in [4.78, 5) is 0. The highest BCUT2D eigenvalue weighted by Crippen LogP contribution is 2.24. The zero-order chi connectivity index (χ0) is 15.2. The number of hydrogen-bond donors (Lipinski definition) is 0. The van der Waals surface area contributed by atoms with Crippen molar-refractivity contribution in [1.29, 1.82) is 0 Å². The van der Waals surface area contributed by atoms with Gasteiger partial charge in [0.05, 0.1) is 6.26 Å². The predicted octanol–water partition coefficient (Wildman–Crippen LogP) is 4.97. The van der Waals surface area contributed by atoms with E-state index < -0.39 is 11.6 Å². The minimum absolute atomic E-state index is 0.0929. The van der Waals surface area contributed by atoms with Crippen LogP contribution >= 0.6 is 0 Å². The molecule has 3 heteroatoms. The number of ether oxygens (including phenoxy) is 1. The zero-order valence-electron chi connectivity index (χ0n) is 12.2. The molecule has 0 fully saturated rings. The monoisotopic (exact) mass is 288 g/mol. The number of allylic oxidation sites excluding steroid dienone is 1. The summed E-state index contributed by atoms with van der Waals surface area (Å²) in [6, 6.07) is 11.1. The van der Waals surface area contributed by atoms with E-state index in [0.29, 0.717) is 18.4 Å². The molecular weight excluding hydrogens is 270 g/mol. The van der Waals surface area contributed by atoms with Crippen LogP contribution < -0.4 is 4.74 Å². The van der Waals surface area contributed by atoms with Crippen molar-refractivity contribution in [3.8, 4) is 5.75 Å². The Morgan fingerprint density at radius 1 is 0.952 bits per heavy atom. The van der Waals surface area contributed by atoms with Gasteiger partial charge >= 0.3 is 0 Å². The molecule has 2 aromatic rings. The van der Waals surface area contributed by atoms with Crippen molar-refractivity contribution < 1.29 is 13.5 Å². The number of aryl methyl sites for hydroxylation is 3. The van der Waals surface area contributed by atoms with Crippen LogP contribution in [0, 0.1) is 18.6 Å². The molecule has 0 radical (unpaired) electrons. The summed E-state index contributed by atoms with van der Waals surface area (Å²) < 4.78 is 32.8. The van der Waals surface area contributed by atoms with Gasteiger partial charge in [0.25, 0.3) is 0 Å². The van der Waals surface area contributed by atoms with E-state index in [0.717, 1.165) is 5.56 Å². The van der Waals surface area contributed by atoms with Crippen LogP contribution in [0.2, 0.25) is 0 Å². The lowest BCUT2D eigenvalue weighted by Gasteiger charge is -2.08. The van der Waals surface area contributed by atoms with E-state index in [1.54, 1.807) is 19.1 Å². The van der Waals surface area contributed by atoms with Crippen molar-refractivity contribution in [3.05, 3.63) is 77.1 Å². The molecule has 0 saturated heterocycles. The molecule has 2 rings (SSSR count). The van der Waals surface area contributed by atoms with Gasteiger partial charge in [0.1, 0.15) is 0 Å². The van der Waals surface area contributed by atoms with E-state index in [2.05, 4.69) is 0 Å². The van der Waals surface area contributed by atoms with Gasteiger partial charge in [0.2, 0.25) is 5.82 Å². The standard InChI is InChI=1S/C18H18F2O/c1-3-12-21-16-11-10-15(17(19)18(16)20)9-8-14-6-4-13(2)5-7-14/h3-7,10-12H,8-9H2,1-2H3/b12-3+. The fourth-order valence-corrected chi connectivity index (χ4v) is 2.03. The summed E-state index contributed by atoms with van der Waals surface area (Å²) in [5.41, 5.74) is 2.65. The van der Waals surface area contributed by atoms with Crippen LogP contribution in [0.4, 0.5) is 8.78 Å². The summed E-state index contributed by atoms with van der Waals surface area (Å²) in [6.07, 6.45) is 4.06. The molecule has 0 atom stereocenters. The maximum absolute atomic E-state index is 14.0. The Bertz CT molecular complexity index is 630. The average Bonchev–Trinajstić information content (AvgIpc) is 2.49. The first-order valence-corrected chi connectivity index (χ1v) is 6.92. The van der Waals surface area contributed by atoms with Gasteiger partial charge in [-0.25, -0.2) is 4.39 Å². The van der Waals surface area contributed by atoms with E-state index in [9.17, 15) is 8.78 Å². The van der Waals surface area contributed by atoms with Crippen molar-refractivity contribution >= 4 is 0 Å². The maximum atomic E-state index is 14.0. The molecule has 0 aromatic heterocycles. The highest BCUT2D eigenvalue weighted by Gasteiger charge is 2.14. The molecule has 0 saturated carbocycles. The molecule has 0 aliphatic rings. The van der Waals surface area contributed by atoms with Crippen molar-refractivity contribution in [2.24, 2.45) is 0 Å². The Kier molecular flexibility index (Phi) is 5.09. The maximum Gasteiger partial charge on any atom is 0.201 e. The first kappa shape index (κ1) is 15.2. The fraction of sp³-hybridized carbons (Fsp3) is 0.222. The molecule has 2 aromatic carbocycles. The van der Waals surface area contributed by atoms with Crippen molar-refractivity contribution in [2.75, 3.05) is 0 Å². The summed E-state index contributed by atoms with van der Waals surface area (Å²) in [6.45, 7) is 3.76. The molecule has 0 unspecified atom stereocenters. The first-order valence-electron chi connectivity index (χ1n) is 6.92. The van der Waals surface area contributed by atoms with Crippen molar-refractivity contribution in [1.82, 2.24) is 0 Å². The lowest BCUT2D eigenvalue weighted by molar-refractivity contribution is 0.411. The smallest absolute Gasteiger partial charge is 0.201 e. The van der Waals surface area contributed by atoms with E-state index in [4.69, 9.17) is 4.74 Å². The minimum atomic E-state index is -0.936. The molecule has 0 N–H and O–H groups in total. The Balaban J connectivity index is 2.10. The number of benzene rings is 2. The second-order valence-corrected chi connectivity index (χ2v) is 4.92. The highest BCUT2D eigenvalue weighted by molar-refractivity contribution is 5.32. The van der Waals surface area contributed by atoms with Gasteiger partial charge < -0.3 is 4.74 Å². The van der Waals surface area contributed by atoms with Crippen molar-refractivity contribution in [3.63, 3.8) is 0 Å².